The van der Waals surface area contributed by atoms with Crippen molar-refractivity contribution < 1.29 is 18.0 Å². The summed E-state index contributed by atoms with van der Waals surface area (Å²) in [5.74, 6) is 0.369. The molecule has 1 saturated heterocycles. The number of nitrogens with zero attached hydrogens (tertiary/aromatic N) is 2. The number of piperidine rings is 1. The molecule has 126 valence electrons. The van der Waals surface area contributed by atoms with Crippen molar-refractivity contribution in [2.24, 2.45) is 11.1 Å². The Balaban J connectivity index is 1.62. The Kier molecular flexibility index (Phi) is 4.96. The Bertz CT molecular complexity index is 591. The summed E-state index contributed by atoms with van der Waals surface area (Å²) in [6, 6.07) is 5.59. The van der Waals surface area contributed by atoms with E-state index in [2.05, 4.69) is 26.0 Å². The number of oxime groups is 1. The normalized spacial score (nSPS) is 26.0. The van der Waals surface area contributed by atoms with Crippen molar-refractivity contribution in [1.29, 1.82) is 0 Å². The fourth-order valence-corrected chi connectivity index (χ4v) is 3.66. The third-order valence-corrected chi connectivity index (χ3v) is 4.85. The van der Waals surface area contributed by atoms with Crippen LogP contribution in [0.25, 0.3) is 0 Å². The van der Waals surface area contributed by atoms with Crippen molar-refractivity contribution in [3.8, 4) is 0 Å². The van der Waals surface area contributed by atoms with Crippen molar-refractivity contribution in [3.05, 3.63) is 35.4 Å². The molecule has 3 rings (SSSR count). The highest BCUT2D eigenvalue weighted by Gasteiger charge is 2.33. The first-order chi connectivity index (χ1) is 10.9. The highest BCUT2D eigenvalue weighted by molar-refractivity contribution is 9.18. The first-order valence-electron chi connectivity index (χ1n) is 7.68. The largest absolute Gasteiger partial charge is 0.416 e. The van der Waals surface area contributed by atoms with E-state index in [0.29, 0.717) is 18.0 Å². The number of alkyl halides is 3. The highest BCUT2D eigenvalue weighted by Crippen LogP contribution is 2.31. The van der Waals surface area contributed by atoms with Crippen molar-refractivity contribution >= 4 is 20.6 Å². The maximum atomic E-state index is 12.8. The molecule has 0 radical (unpaired) electrons. The Morgan fingerprint density at radius 1 is 1.35 bits per heavy atom. The minimum absolute atomic E-state index is 0.0775. The lowest BCUT2D eigenvalue weighted by molar-refractivity contribution is -0.137. The molecule has 7 heteroatoms. The van der Waals surface area contributed by atoms with Gasteiger partial charge in [0, 0.05) is 25.4 Å². The van der Waals surface area contributed by atoms with Crippen molar-refractivity contribution in [2.45, 2.75) is 38.1 Å². The summed E-state index contributed by atoms with van der Waals surface area (Å²) in [7, 11) is 0. The Morgan fingerprint density at radius 3 is 2.87 bits per heavy atom. The second-order valence-electron chi connectivity index (χ2n) is 6.15. The number of halogens is 4. The van der Waals surface area contributed by atoms with Gasteiger partial charge in [0.15, 0.2) is 0 Å². The minimum atomic E-state index is -4.29. The molecule has 0 spiro atoms. The van der Waals surface area contributed by atoms with Gasteiger partial charge in [0.05, 0.1) is 5.56 Å². The fraction of sp³-hybridized carbons (Fsp3) is 0.562. The number of hydrogen-bond acceptors (Lipinski definition) is 3. The molecule has 2 atom stereocenters. The summed E-state index contributed by atoms with van der Waals surface area (Å²) in [6.07, 6.45) is -1.33. The molecule has 2 aliphatic heterocycles. The van der Waals surface area contributed by atoms with Crippen LogP contribution < -0.4 is 0 Å². The highest BCUT2D eigenvalue weighted by atomic mass is 79.9. The third-order valence-electron chi connectivity index (χ3n) is 4.39. The van der Waals surface area contributed by atoms with E-state index in [4.69, 9.17) is 4.84 Å². The van der Waals surface area contributed by atoms with Crippen LogP contribution >= 0.6 is 15.9 Å². The second kappa shape index (κ2) is 6.81. The van der Waals surface area contributed by atoms with Gasteiger partial charge in [-0.2, -0.15) is 13.2 Å². The summed E-state index contributed by atoms with van der Waals surface area (Å²) in [5, 5.41) is 3.93. The molecule has 1 aromatic carbocycles. The van der Waals surface area contributed by atoms with Gasteiger partial charge in [-0.05, 0) is 46.9 Å². The number of likely N-dealkylation sites (tertiary alicyclic amines) is 1. The van der Waals surface area contributed by atoms with Crippen LogP contribution in [0.4, 0.5) is 13.2 Å². The van der Waals surface area contributed by atoms with Crippen LogP contribution in [0.1, 0.15) is 30.4 Å². The Hall–Kier alpha value is -1.08. The van der Waals surface area contributed by atoms with E-state index < -0.39 is 11.7 Å². The van der Waals surface area contributed by atoms with E-state index >= 15 is 0 Å². The van der Waals surface area contributed by atoms with E-state index in [0.717, 1.165) is 43.0 Å². The standard InChI is InChI=1S/C16H18BrF3N2O/c17-15-8-14(23-21-15)12-4-2-6-22(10-12)9-11-3-1-5-13(7-11)16(18,19)20/h1,3,5,7,12,14H,2,4,6,8-10H2/t12-,14?/m0/s1. The van der Waals surface area contributed by atoms with Gasteiger partial charge >= 0.3 is 6.18 Å². The van der Waals surface area contributed by atoms with Gasteiger partial charge in [0.25, 0.3) is 0 Å². The summed E-state index contributed by atoms with van der Waals surface area (Å²) in [5.41, 5.74) is 0.116. The number of benzene rings is 1. The van der Waals surface area contributed by atoms with Crippen LogP contribution in [0.2, 0.25) is 0 Å². The van der Waals surface area contributed by atoms with E-state index in [1.165, 1.54) is 12.1 Å². The summed E-state index contributed by atoms with van der Waals surface area (Å²) in [6.45, 7) is 2.27. The van der Waals surface area contributed by atoms with Gasteiger partial charge in [-0.15, -0.1) is 0 Å². The molecule has 0 amide bonds. The monoisotopic (exact) mass is 390 g/mol. The zero-order valence-electron chi connectivity index (χ0n) is 12.5. The first kappa shape index (κ1) is 16.8. The molecule has 1 aromatic rings. The molecule has 2 heterocycles. The van der Waals surface area contributed by atoms with Gasteiger partial charge in [0.1, 0.15) is 10.7 Å². The zero-order valence-corrected chi connectivity index (χ0v) is 14.1. The molecular weight excluding hydrogens is 373 g/mol. The second-order valence-corrected chi connectivity index (χ2v) is 7.07. The molecule has 0 saturated carbocycles. The molecule has 0 aromatic heterocycles. The zero-order chi connectivity index (χ0) is 16.4. The van der Waals surface area contributed by atoms with Gasteiger partial charge in [-0.25, -0.2) is 0 Å². The van der Waals surface area contributed by atoms with E-state index in [1.54, 1.807) is 6.07 Å². The van der Waals surface area contributed by atoms with E-state index in [9.17, 15) is 13.2 Å². The smallest absolute Gasteiger partial charge is 0.391 e. The van der Waals surface area contributed by atoms with Crippen LogP contribution in [0.5, 0.6) is 0 Å². The fourth-order valence-electron chi connectivity index (χ4n) is 3.26. The molecule has 0 aliphatic carbocycles. The first-order valence-corrected chi connectivity index (χ1v) is 8.48. The van der Waals surface area contributed by atoms with Gasteiger partial charge < -0.3 is 4.84 Å². The SMILES string of the molecule is FC(F)(F)c1cccc(CN2CCC[C@H](C3CC(Br)=NO3)C2)c1. The van der Waals surface area contributed by atoms with Crippen LogP contribution in [0.3, 0.4) is 0 Å². The quantitative estimate of drug-likeness (QED) is 0.763. The van der Waals surface area contributed by atoms with Crippen molar-refractivity contribution in [3.63, 3.8) is 0 Å². The lowest BCUT2D eigenvalue weighted by Gasteiger charge is -2.34. The maximum absolute atomic E-state index is 12.8. The molecule has 2 aliphatic rings. The van der Waals surface area contributed by atoms with Gasteiger partial charge in [-0.3, -0.25) is 4.90 Å². The molecule has 23 heavy (non-hydrogen) atoms. The van der Waals surface area contributed by atoms with Crippen LogP contribution in [-0.4, -0.2) is 28.7 Å². The Morgan fingerprint density at radius 2 is 2.17 bits per heavy atom. The average Bonchev–Trinajstić information content (AvgIpc) is 2.94. The predicted octanol–water partition coefficient (Wildman–Crippen LogP) is 4.41. The van der Waals surface area contributed by atoms with Crippen LogP contribution in [0, 0.1) is 5.92 Å². The van der Waals surface area contributed by atoms with E-state index in [-0.39, 0.29) is 6.10 Å². The van der Waals surface area contributed by atoms with Crippen molar-refractivity contribution in [1.82, 2.24) is 4.90 Å². The lowest BCUT2D eigenvalue weighted by Crippen LogP contribution is -2.40. The topological polar surface area (TPSA) is 24.8 Å². The number of rotatable bonds is 3. The predicted molar refractivity (Wildman–Crippen MR) is 85.3 cm³/mol. The summed E-state index contributed by atoms with van der Waals surface area (Å²) in [4.78, 5) is 7.64. The van der Waals surface area contributed by atoms with Gasteiger partial charge in [-0.1, -0.05) is 23.4 Å². The molecule has 1 unspecified atom stereocenters. The molecule has 0 N–H and O–H groups in total. The maximum Gasteiger partial charge on any atom is 0.416 e. The third kappa shape index (κ3) is 4.26. The molecule has 0 bridgehead atoms. The molecule has 1 fully saturated rings. The summed E-state index contributed by atoms with van der Waals surface area (Å²) >= 11 is 3.35. The Labute approximate surface area is 141 Å². The summed E-state index contributed by atoms with van der Waals surface area (Å²) < 4.78 is 39.2. The van der Waals surface area contributed by atoms with Gasteiger partial charge in [0.2, 0.25) is 0 Å². The molecule has 3 nitrogen and oxygen atoms in total. The van der Waals surface area contributed by atoms with Crippen LogP contribution in [-0.2, 0) is 17.6 Å². The lowest BCUT2D eigenvalue weighted by atomic mass is 9.91. The number of hydrogen-bond donors (Lipinski definition) is 0. The van der Waals surface area contributed by atoms with Crippen molar-refractivity contribution in [2.75, 3.05) is 13.1 Å². The van der Waals surface area contributed by atoms with Crippen LogP contribution in [0.15, 0.2) is 29.4 Å². The molecular formula is C16H18BrF3N2O. The minimum Gasteiger partial charge on any atom is -0.391 e. The van der Waals surface area contributed by atoms with E-state index in [1.807, 2.05) is 0 Å². The average molecular weight is 391 g/mol.